The van der Waals surface area contributed by atoms with Crippen molar-refractivity contribution in [3.8, 4) is 0 Å². The second kappa shape index (κ2) is 5.36. The van der Waals surface area contributed by atoms with Gasteiger partial charge in [-0.2, -0.15) is 0 Å². The Bertz CT molecular complexity index is 378. The topological polar surface area (TPSA) is 46.0 Å². The molecule has 0 amide bonds. The molecule has 2 aliphatic rings. The van der Waals surface area contributed by atoms with Crippen LogP contribution in [0.5, 0.6) is 0 Å². The highest BCUT2D eigenvalue weighted by Gasteiger charge is 2.31. The maximum absolute atomic E-state index is 4.21. The first-order chi connectivity index (χ1) is 8.83. The van der Waals surface area contributed by atoms with Crippen LogP contribution in [0.25, 0.3) is 0 Å². The molecule has 1 saturated carbocycles. The van der Waals surface area contributed by atoms with E-state index in [4.69, 9.17) is 0 Å². The van der Waals surface area contributed by atoms with E-state index in [1.54, 1.807) is 6.33 Å². The number of nitrogens with one attached hydrogen (secondary N) is 1. The molecule has 100 valence electrons. The summed E-state index contributed by atoms with van der Waals surface area (Å²) < 4.78 is 2.03. The standard InChI is InChI=1S/C13H23N5/c1-17-10-15-16-13(17)9-18(12-5-6-12)8-11-4-2-3-7-14-11/h10-12,14H,2-9H2,1H3. The highest BCUT2D eigenvalue weighted by Crippen LogP contribution is 2.28. The van der Waals surface area contributed by atoms with Crippen LogP contribution >= 0.6 is 0 Å². The predicted molar refractivity (Wildman–Crippen MR) is 70.1 cm³/mol. The SMILES string of the molecule is Cn1cnnc1CN(CC1CCCCN1)C1CC1. The molecule has 1 saturated heterocycles. The van der Waals surface area contributed by atoms with E-state index < -0.39 is 0 Å². The van der Waals surface area contributed by atoms with Gasteiger partial charge in [-0.15, -0.1) is 10.2 Å². The average Bonchev–Trinajstić information content (AvgIpc) is 3.16. The molecule has 2 fully saturated rings. The molecule has 0 aromatic carbocycles. The van der Waals surface area contributed by atoms with Crippen LogP contribution in [-0.2, 0) is 13.6 Å². The fourth-order valence-electron chi connectivity index (χ4n) is 2.78. The Morgan fingerprint density at radius 3 is 2.89 bits per heavy atom. The summed E-state index contributed by atoms with van der Waals surface area (Å²) in [4.78, 5) is 2.59. The molecule has 1 aromatic heterocycles. The van der Waals surface area contributed by atoms with E-state index in [1.807, 2.05) is 11.6 Å². The molecule has 1 N–H and O–H groups in total. The van der Waals surface area contributed by atoms with E-state index >= 15 is 0 Å². The zero-order valence-corrected chi connectivity index (χ0v) is 11.2. The lowest BCUT2D eigenvalue weighted by Gasteiger charge is -2.30. The Kier molecular flexibility index (Phi) is 3.61. The van der Waals surface area contributed by atoms with Gasteiger partial charge in [0.2, 0.25) is 0 Å². The first kappa shape index (κ1) is 12.1. The molecule has 0 radical (unpaired) electrons. The van der Waals surface area contributed by atoms with Crippen LogP contribution in [0.4, 0.5) is 0 Å². The zero-order chi connectivity index (χ0) is 12.4. The van der Waals surface area contributed by atoms with Crippen LogP contribution in [0.3, 0.4) is 0 Å². The molecule has 3 rings (SSSR count). The molecule has 1 aliphatic carbocycles. The molecular formula is C13H23N5. The molecule has 18 heavy (non-hydrogen) atoms. The average molecular weight is 249 g/mol. The normalized spacial score (nSPS) is 24.7. The lowest BCUT2D eigenvalue weighted by Crippen LogP contribution is -2.44. The van der Waals surface area contributed by atoms with Crippen molar-refractivity contribution in [3.05, 3.63) is 12.2 Å². The molecular weight excluding hydrogens is 226 g/mol. The molecule has 0 spiro atoms. The van der Waals surface area contributed by atoms with Crippen molar-refractivity contribution in [1.29, 1.82) is 0 Å². The van der Waals surface area contributed by atoms with Crippen LogP contribution in [0.1, 0.15) is 37.9 Å². The van der Waals surface area contributed by atoms with E-state index in [9.17, 15) is 0 Å². The van der Waals surface area contributed by atoms with Crippen LogP contribution in [0.2, 0.25) is 0 Å². The van der Waals surface area contributed by atoms with Gasteiger partial charge in [0.25, 0.3) is 0 Å². The van der Waals surface area contributed by atoms with E-state index in [0.29, 0.717) is 6.04 Å². The van der Waals surface area contributed by atoms with Crippen molar-refractivity contribution < 1.29 is 0 Å². The smallest absolute Gasteiger partial charge is 0.146 e. The van der Waals surface area contributed by atoms with Crippen molar-refractivity contribution in [2.45, 2.75) is 50.7 Å². The van der Waals surface area contributed by atoms with Crippen molar-refractivity contribution >= 4 is 0 Å². The van der Waals surface area contributed by atoms with E-state index in [1.165, 1.54) is 38.6 Å². The van der Waals surface area contributed by atoms with Gasteiger partial charge in [0.1, 0.15) is 12.2 Å². The predicted octanol–water partition coefficient (Wildman–Crippen LogP) is 0.922. The molecule has 5 heteroatoms. The van der Waals surface area contributed by atoms with Crippen molar-refractivity contribution in [2.24, 2.45) is 7.05 Å². The van der Waals surface area contributed by atoms with Gasteiger partial charge in [-0.05, 0) is 32.2 Å². The molecule has 2 heterocycles. The van der Waals surface area contributed by atoms with Crippen molar-refractivity contribution in [2.75, 3.05) is 13.1 Å². The summed E-state index contributed by atoms with van der Waals surface area (Å²) in [7, 11) is 2.03. The van der Waals surface area contributed by atoms with Crippen molar-refractivity contribution in [3.63, 3.8) is 0 Å². The Morgan fingerprint density at radius 1 is 1.39 bits per heavy atom. The van der Waals surface area contributed by atoms with Gasteiger partial charge < -0.3 is 9.88 Å². The maximum atomic E-state index is 4.21. The first-order valence-electron chi connectivity index (χ1n) is 7.13. The highest BCUT2D eigenvalue weighted by atomic mass is 15.3. The van der Waals surface area contributed by atoms with Gasteiger partial charge in [-0.25, -0.2) is 0 Å². The lowest BCUT2D eigenvalue weighted by molar-refractivity contribution is 0.202. The number of hydrogen-bond donors (Lipinski definition) is 1. The van der Waals surface area contributed by atoms with E-state index in [0.717, 1.165) is 25.0 Å². The third-order valence-corrected chi connectivity index (χ3v) is 4.08. The van der Waals surface area contributed by atoms with E-state index in [2.05, 4.69) is 20.4 Å². The molecule has 0 bridgehead atoms. The van der Waals surface area contributed by atoms with Gasteiger partial charge in [0.15, 0.2) is 0 Å². The summed E-state index contributed by atoms with van der Waals surface area (Å²) in [5.41, 5.74) is 0. The van der Waals surface area contributed by atoms with Gasteiger partial charge in [-0.1, -0.05) is 6.42 Å². The van der Waals surface area contributed by atoms with Crippen LogP contribution in [0, 0.1) is 0 Å². The second-order valence-electron chi connectivity index (χ2n) is 5.67. The lowest BCUT2D eigenvalue weighted by atomic mass is 10.0. The highest BCUT2D eigenvalue weighted by molar-refractivity contribution is 4.92. The minimum atomic E-state index is 0.674. The number of piperidine rings is 1. The van der Waals surface area contributed by atoms with Crippen LogP contribution < -0.4 is 5.32 Å². The van der Waals surface area contributed by atoms with E-state index in [-0.39, 0.29) is 0 Å². The Hall–Kier alpha value is -0.940. The van der Waals surface area contributed by atoms with Crippen molar-refractivity contribution in [1.82, 2.24) is 25.0 Å². The summed E-state index contributed by atoms with van der Waals surface area (Å²) in [5, 5.41) is 11.8. The zero-order valence-electron chi connectivity index (χ0n) is 11.2. The summed E-state index contributed by atoms with van der Waals surface area (Å²) in [6.07, 6.45) is 8.53. The molecule has 1 aliphatic heterocycles. The quantitative estimate of drug-likeness (QED) is 0.843. The molecule has 1 aromatic rings. The van der Waals surface area contributed by atoms with Gasteiger partial charge in [-0.3, -0.25) is 4.90 Å². The molecule has 1 unspecified atom stereocenters. The number of aromatic nitrogens is 3. The monoisotopic (exact) mass is 249 g/mol. The van der Waals surface area contributed by atoms with Gasteiger partial charge >= 0.3 is 0 Å². The van der Waals surface area contributed by atoms with Gasteiger partial charge in [0.05, 0.1) is 6.54 Å². The summed E-state index contributed by atoms with van der Waals surface area (Å²) >= 11 is 0. The minimum absolute atomic E-state index is 0.674. The summed E-state index contributed by atoms with van der Waals surface area (Å²) in [6.45, 7) is 3.30. The summed E-state index contributed by atoms with van der Waals surface area (Å²) in [5.74, 6) is 1.08. The fraction of sp³-hybridized carbons (Fsp3) is 0.846. The molecule has 1 atom stereocenters. The fourth-order valence-corrected chi connectivity index (χ4v) is 2.78. The largest absolute Gasteiger partial charge is 0.320 e. The number of rotatable bonds is 5. The second-order valence-corrected chi connectivity index (χ2v) is 5.67. The number of nitrogens with zero attached hydrogens (tertiary/aromatic N) is 4. The maximum Gasteiger partial charge on any atom is 0.146 e. The van der Waals surface area contributed by atoms with Crippen LogP contribution in [0.15, 0.2) is 6.33 Å². The Balaban J connectivity index is 1.59. The Morgan fingerprint density at radius 2 is 2.28 bits per heavy atom. The minimum Gasteiger partial charge on any atom is -0.320 e. The first-order valence-corrected chi connectivity index (χ1v) is 7.13. The summed E-state index contributed by atoms with van der Waals surface area (Å²) in [6, 6.07) is 1.46. The third kappa shape index (κ3) is 2.90. The van der Waals surface area contributed by atoms with Gasteiger partial charge in [0, 0.05) is 25.7 Å². The Labute approximate surface area is 109 Å². The molecule has 5 nitrogen and oxygen atoms in total. The number of aryl methyl sites for hydroxylation is 1. The number of hydrogen-bond acceptors (Lipinski definition) is 4. The van der Waals surface area contributed by atoms with Crippen LogP contribution in [-0.4, -0.2) is 44.8 Å². The third-order valence-electron chi connectivity index (χ3n) is 4.08.